The Morgan fingerprint density at radius 1 is 1.24 bits per heavy atom. The summed E-state index contributed by atoms with van der Waals surface area (Å²) >= 11 is 1.42. The minimum Gasteiger partial charge on any atom is -0.506 e. The minimum absolute atomic E-state index is 0.00713. The Bertz CT molecular complexity index is 834. The zero-order valence-corrected chi connectivity index (χ0v) is 14.5. The summed E-state index contributed by atoms with van der Waals surface area (Å²) in [5.74, 6) is -0.164. The smallest absolute Gasteiger partial charge is 0.244 e. The molecule has 1 aliphatic rings. The highest BCUT2D eigenvalue weighted by Gasteiger charge is 2.25. The SMILES string of the molecule is Cc1ccc(NC(=O)CN2C(=O)CSC=C2c2ccccc2)c(O)c1. The van der Waals surface area contributed by atoms with Crippen LogP contribution in [0.15, 0.2) is 53.9 Å². The first kappa shape index (κ1) is 17.1. The van der Waals surface area contributed by atoms with Crippen LogP contribution in [0.4, 0.5) is 5.69 Å². The van der Waals surface area contributed by atoms with Crippen LogP contribution in [-0.4, -0.2) is 34.1 Å². The van der Waals surface area contributed by atoms with Crippen molar-refractivity contribution in [2.24, 2.45) is 0 Å². The van der Waals surface area contributed by atoms with Crippen molar-refractivity contribution in [1.82, 2.24) is 4.90 Å². The molecule has 0 atom stereocenters. The Labute approximate surface area is 150 Å². The number of phenolic OH excluding ortho intramolecular Hbond substituents is 1. The Hall–Kier alpha value is -2.73. The van der Waals surface area contributed by atoms with E-state index in [4.69, 9.17) is 0 Å². The van der Waals surface area contributed by atoms with Gasteiger partial charge < -0.3 is 15.3 Å². The molecule has 128 valence electrons. The van der Waals surface area contributed by atoms with Crippen molar-refractivity contribution in [2.75, 3.05) is 17.6 Å². The van der Waals surface area contributed by atoms with E-state index < -0.39 is 0 Å². The van der Waals surface area contributed by atoms with E-state index in [1.165, 1.54) is 16.7 Å². The predicted octanol–water partition coefficient (Wildman–Crippen LogP) is 3.21. The Morgan fingerprint density at radius 2 is 2.00 bits per heavy atom. The van der Waals surface area contributed by atoms with Gasteiger partial charge in [-0.25, -0.2) is 0 Å². The van der Waals surface area contributed by atoms with Gasteiger partial charge in [-0.05, 0) is 35.6 Å². The van der Waals surface area contributed by atoms with Gasteiger partial charge >= 0.3 is 0 Å². The molecule has 5 nitrogen and oxygen atoms in total. The molecule has 6 heteroatoms. The molecule has 0 unspecified atom stereocenters. The first-order valence-corrected chi connectivity index (χ1v) is 8.86. The largest absolute Gasteiger partial charge is 0.506 e. The lowest BCUT2D eigenvalue weighted by molar-refractivity contribution is -0.129. The fourth-order valence-electron chi connectivity index (χ4n) is 2.55. The summed E-state index contributed by atoms with van der Waals surface area (Å²) < 4.78 is 0. The van der Waals surface area contributed by atoms with Gasteiger partial charge in [0.15, 0.2) is 0 Å². The van der Waals surface area contributed by atoms with Gasteiger partial charge in [0.2, 0.25) is 11.8 Å². The molecule has 0 saturated carbocycles. The third kappa shape index (κ3) is 4.03. The summed E-state index contributed by atoms with van der Waals surface area (Å²) in [7, 11) is 0. The van der Waals surface area contributed by atoms with Crippen molar-refractivity contribution in [2.45, 2.75) is 6.92 Å². The average Bonchev–Trinajstić information content (AvgIpc) is 2.60. The molecule has 0 aliphatic carbocycles. The molecule has 1 aliphatic heterocycles. The van der Waals surface area contributed by atoms with Gasteiger partial charge in [-0.15, -0.1) is 11.8 Å². The quantitative estimate of drug-likeness (QED) is 0.827. The van der Waals surface area contributed by atoms with Crippen LogP contribution >= 0.6 is 11.8 Å². The molecular weight excluding hydrogens is 336 g/mol. The molecule has 0 radical (unpaired) electrons. The summed E-state index contributed by atoms with van der Waals surface area (Å²) in [5, 5.41) is 14.5. The number of carbonyl (C=O) groups is 2. The molecule has 0 bridgehead atoms. The van der Waals surface area contributed by atoms with Crippen molar-refractivity contribution in [1.29, 1.82) is 0 Å². The summed E-state index contributed by atoms with van der Waals surface area (Å²) in [6, 6.07) is 14.5. The number of rotatable bonds is 4. The maximum Gasteiger partial charge on any atom is 0.244 e. The highest BCUT2D eigenvalue weighted by atomic mass is 32.2. The lowest BCUT2D eigenvalue weighted by Crippen LogP contribution is -2.39. The first-order valence-electron chi connectivity index (χ1n) is 7.81. The van der Waals surface area contributed by atoms with Crippen molar-refractivity contribution in [3.8, 4) is 5.75 Å². The molecular formula is C19H18N2O3S. The standard InChI is InChI=1S/C19H18N2O3S/c1-13-7-8-15(17(22)9-13)20-18(23)10-21-16(11-25-12-19(21)24)14-5-3-2-4-6-14/h2-9,11,22H,10,12H2,1H3,(H,20,23). The fraction of sp³-hybridized carbons (Fsp3) is 0.158. The van der Waals surface area contributed by atoms with Gasteiger partial charge in [-0.1, -0.05) is 36.4 Å². The van der Waals surface area contributed by atoms with Crippen LogP contribution in [0, 0.1) is 6.92 Å². The van der Waals surface area contributed by atoms with Crippen molar-refractivity contribution >= 4 is 35.0 Å². The topological polar surface area (TPSA) is 69.6 Å². The number of carbonyl (C=O) groups excluding carboxylic acids is 2. The van der Waals surface area contributed by atoms with E-state index in [9.17, 15) is 14.7 Å². The zero-order chi connectivity index (χ0) is 17.8. The predicted molar refractivity (Wildman–Crippen MR) is 100 cm³/mol. The van der Waals surface area contributed by atoms with Crippen LogP contribution in [0.3, 0.4) is 0 Å². The number of aromatic hydroxyl groups is 1. The maximum atomic E-state index is 12.4. The Kier molecular flexibility index (Phi) is 5.09. The molecule has 1 heterocycles. The Morgan fingerprint density at radius 3 is 2.72 bits per heavy atom. The highest BCUT2D eigenvalue weighted by Crippen LogP contribution is 2.28. The molecule has 2 N–H and O–H groups in total. The number of nitrogens with zero attached hydrogens (tertiary/aromatic N) is 1. The van der Waals surface area contributed by atoms with Gasteiger partial charge in [0.25, 0.3) is 0 Å². The molecule has 0 fully saturated rings. The van der Waals surface area contributed by atoms with Crippen LogP contribution in [0.1, 0.15) is 11.1 Å². The summed E-state index contributed by atoms with van der Waals surface area (Å²) in [6.07, 6.45) is 0. The number of anilines is 1. The maximum absolute atomic E-state index is 12.4. The molecule has 0 aromatic heterocycles. The van der Waals surface area contributed by atoms with Crippen molar-refractivity contribution in [3.63, 3.8) is 0 Å². The number of hydrogen-bond donors (Lipinski definition) is 2. The number of aryl methyl sites for hydroxylation is 1. The van der Waals surface area contributed by atoms with Crippen LogP contribution in [0.25, 0.3) is 5.70 Å². The van der Waals surface area contributed by atoms with Gasteiger partial charge in [0.05, 0.1) is 17.1 Å². The van der Waals surface area contributed by atoms with Crippen LogP contribution in [0.2, 0.25) is 0 Å². The van der Waals surface area contributed by atoms with Crippen LogP contribution in [0.5, 0.6) is 5.75 Å². The zero-order valence-electron chi connectivity index (χ0n) is 13.7. The number of nitrogens with one attached hydrogen (secondary N) is 1. The number of phenols is 1. The number of amides is 2. The molecule has 0 spiro atoms. The monoisotopic (exact) mass is 354 g/mol. The normalized spacial score (nSPS) is 14.2. The van der Waals surface area contributed by atoms with Gasteiger partial charge in [0, 0.05) is 0 Å². The van der Waals surface area contributed by atoms with Gasteiger partial charge in [-0.2, -0.15) is 0 Å². The van der Waals surface area contributed by atoms with E-state index in [0.717, 1.165) is 11.1 Å². The van der Waals surface area contributed by atoms with Gasteiger partial charge in [-0.3, -0.25) is 9.59 Å². The fourth-order valence-corrected chi connectivity index (χ4v) is 3.36. The van der Waals surface area contributed by atoms with E-state index in [1.54, 1.807) is 18.2 Å². The summed E-state index contributed by atoms with van der Waals surface area (Å²) in [4.78, 5) is 26.2. The van der Waals surface area contributed by atoms with Crippen LogP contribution in [-0.2, 0) is 9.59 Å². The number of hydrogen-bond acceptors (Lipinski definition) is 4. The third-order valence-electron chi connectivity index (χ3n) is 3.79. The van der Waals surface area contributed by atoms with Crippen molar-refractivity contribution in [3.05, 3.63) is 65.1 Å². The molecule has 2 aromatic rings. The summed E-state index contributed by atoms with van der Waals surface area (Å²) in [6.45, 7) is 1.75. The van der Waals surface area contributed by atoms with E-state index in [0.29, 0.717) is 17.1 Å². The lowest BCUT2D eigenvalue weighted by Gasteiger charge is -2.28. The minimum atomic E-state index is -0.360. The molecule has 2 amide bonds. The average molecular weight is 354 g/mol. The summed E-state index contributed by atoms with van der Waals surface area (Å²) in [5.41, 5.74) is 2.83. The second-order valence-electron chi connectivity index (χ2n) is 5.73. The number of thioether (sulfide) groups is 1. The van der Waals surface area contributed by atoms with Gasteiger partial charge in [0.1, 0.15) is 12.3 Å². The van der Waals surface area contributed by atoms with Crippen molar-refractivity contribution < 1.29 is 14.7 Å². The molecule has 2 aromatic carbocycles. The molecule has 25 heavy (non-hydrogen) atoms. The molecule has 0 saturated heterocycles. The van der Waals surface area contributed by atoms with E-state index >= 15 is 0 Å². The van der Waals surface area contributed by atoms with E-state index in [-0.39, 0.29) is 24.1 Å². The lowest BCUT2D eigenvalue weighted by atomic mass is 10.1. The first-order chi connectivity index (χ1) is 12.0. The Balaban J connectivity index is 1.77. The number of benzene rings is 2. The third-order valence-corrected chi connectivity index (χ3v) is 4.60. The van der Waals surface area contributed by atoms with E-state index in [1.807, 2.05) is 42.7 Å². The second kappa shape index (κ2) is 7.44. The second-order valence-corrected chi connectivity index (χ2v) is 6.59. The highest BCUT2D eigenvalue weighted by molar-refractivity contribution is 8.03. The molecule has 3 rings (SSSR count). The van der Waals surface area contributed by atoms with E-state index in [2.05, 4.69) is 5.32 Å². The van der Waals surface area contributed by atoms with Crippen LogP contribution < -0.4 is 5.32 Å².